The van der Waals surface area contributed by atoms with E-state index in [1.807, 2.05) is 98.8 Å². The van der Waals surface area contributed by atoms with Gasteiger partial charge in [-0.25, -0.2) is 4.79 Å². The van der Waals surface area contributed by atoms with Crippen LogP contribution in [0.4, 0.5) is 4.79 Å². The largest absolute Gasteiger partial charge is 0.497 e. The summed E-state index contributed by atoms with van der Waals surface area (Å²) in [4.78, 5) is 54.7. The molecule has 0 heterocycles. The number of alkyl carbamates (subject to hydrolysis) is 1. The Labute approximate surface area is 398 Å². The van der Waals surface area contributed by atoms with Gasteiger partial charge in [-0.05, 0) is 104 Å². The summed E-state index contributed by atoms with van der Waals surface area (Å²) < 4.78 is 28.7. The van der Waals surface area contributed by atoms with E-state index in [-0.39, 0.29) is 43.9 Å². The van der Waals surface area contributed by atoms with Crippen molar-refractivity contribution in [3.63, 3.8) is 0 Å². The number of ether oxygens (including phenoxy) is 5. The minimum atomic E-state index is -1.21. The minimum Gasteiger partial charge on any atom is -0.497 e. The lowest BCUT2D eigenvalue weighted by atomic mass is 9.96. The fourth-order valence-electron chi connectivity index (χ4n) is 8.33. The molecule has 352 valence electrons. The standard InChI is InChI=1S/C56H59N3O9/c1-35-16-20-37(21-17-35)52(38-22-18-36(2)19-23-38)58-50(60)34-66-40-26-24-39(25-27-40)53(46-29-28-41(64-6)32-49(46)65-7)59-54(62)48(30-31-51(61)68-56(3,4)5)57-55(63)67-33-47-44-14-10-8-12-42(44)43-13-9-11-15-45(43)47/h8-29,32,47-48,52-53H,30-31,33-34H2,1-7H3,(H,57,63)(H,58,60)(H,59,62)/t48-,53?/m1/s1. The van der Waals surface area contributed by atoms with Crippen LogP contribution in [0.3, 0.4) is 0 Å². The molecule has 0 radical (unpaired) electrons. The summed E-state index contributed by atoms with van der Waals surface area (Å²) in [7, 11) is 3.06. The second kappa shape index (κ2) is 21.8. The van der Waals surface area contributed by atoms with Crippen LogP contribution >= 0.6 is 0 Å². The SMILES string of the molecule is COc1ccc(C(NC(=O)[C@@H](CCC(=O)OC(C)(C)C)NC(=O)OCC2c3ccccc3-c3ccccc32)c2ccc(OCC(=O)NC(c3ccc(C)cc3)c3ccc(C)cc3)cc2)c(OC)c1. The third kappa shape index (κ3) is 12.2. The number of hydrogen-bond acceptors (Lipinski definition) is 9. The van der Waals surface area contributed by atoms with Crippen LogP contribution in [-0.2, 0) is 23.9 Å². The average Bonchev–Trinajstić information content (AvgIpc) is 3.65. The molecule has 3 N–H and O–H groups in total. The Hall–Kier alpha value is -7.60. The number of rotatable bonds is 18. The van der Waals surface area contributed by atoms with Gasteiger partial charge in [0.2, 0.25) is 5.91 Å². The van der Waals surface area contributed by atoms with Crippen LogP contribution in [-0.4, -0.2) is 63.0 Å². The Bertz CT molecular complexity index is 2620. The highest BCUT2D eigenvalue weighted by molar-refractivity contribution is 5.87. The first-order valence-corrected chi connectivity index (χ1v) is 22.7. The van der Waals surface area contributed by atoms with Gasteiger partial charge in [0, 0.05) is 24.0 Å². The van der Waals surface area contributed by atoms with Crippen LogP contribution in [0, 0.1) is 13.8 Å². The maximum Gasteiger partial charge on any atom is 0.407 e. The van der Waals surface area contributed by atoms with Crippen molar-refractivity contribution >= 4 is 23.9 Å². The molecule has 0 saturated heterocycles. The molecule has 0 fully saturated rings. The molecular weight excluding hydrogens is 859 g/mol. The number of fused-ring (bicyclic) bond motifs is 3. The normalized spacial score (nSPS) is 12.8. The van der Waals surface area contributed by atoms with Gasteiger partial charge >= 0.3 is 12.1 Å². The molecule has 1 aliphatic carbocycles. The van der Waals surface area contributed by atoms with Gasteiger partial charge in [-0.15, -0.1) is 0 Å². The minimum absolute atomic E-state index is 0.0299. The molecule has 68 heavy (non-hydrogen) atoms. The van der Waals surface area contributed by atoms with Gasteiger partial charge in [0.25, 0.3) is 5.91 Å². The molecule has 3 amide bonds. The fraction of sp³-hybridized carbons (Fsp3) is 0.286. The average molecular weight is 918 g/mol. The van der Waals surface area contributed by atoms with E-state index < -0.39 is 35.7 Å². The Morgan fingerprint density at radius 1 is 0.618 bits per heavy atom. The molecule has 7 rings (SSSR count). The molecule has 0 aliphatic heterocycles. The summed E-state index contributed by atoms with van der Waals surface area (Å²) in [5.41, 5.74) is 8.83. The van der Waals surface area contributed by atoms with Crippen molar-refractivity contribution in [2.75, 3.05) is 27.4 Å². The summed E-state index contributed by atoms with van der Waals surface area (Å²) in [6.45, 7) is 9.10. The lowest BCUT2D eigenvalue weighted by molar-refractivity contribution is -0.155. The Morgan fingerprint density at radius 2 is 1.16 bits per heavy atom. The maximum absolute atomic E-state index is 14.5. The van der Waals surface area contributed by atoms with Gasteiger partial charge in [-0.1, -0.05) is 120 Å². The van der Waals surface area contributed by atoms with E-state index in [1.54, 1.807) is 70.3 Å². The number of hydrogen-bond donors (Lipinski definition) is 3. The molecule has 2 atom stereocenters. The van der Waals surface area contributed by atoms with Crippen LogP contribution in [0.5, 0.6) is 17.2 Å². The molecule has 6 aromatic carbocycles. The Balaban J connectivity index is 1.09. The monoisotopic (exact) mass is 917 g/mol. The van der Waals surface area contributed by atoms with Gasteiger partial charge in [0.05, 0.1) is 26.3 Å². The van der Waals surface area contributed by atoms with E-state index in [0.29, 0.717) is 28.4 Å². The summed E-state index contributed by atoms with van der Waals surface area (Å²) in [5.74, 6) is -0.235. The van der Waals surface area contributed by atoms with Crippen molar-refractivity contribution in [1.82, 2.24) is 16.0 Å². The first kappa shape index (κ1) is 48.3. The lowest BCUT2D eigenvalue weighted by Gasteiger charge is -2.26. The van der Waals surface area contributed by atoms with Crippen molar-refractivity contribution < 1.29 is 42.9 Å². The van der Waals surface area contributed by atoms with Crippen LogP contribution in [0.25, 0.3) is 11.1 Å². The van der Waals surface area contributed by atoms with Gasteiger partial charge in [0.15, 0.2) is 6.61 Å². The van der Waals surface area contributed by atoms with E-state index in [4.69, 9.17) is 23.7 Å². The molecule has 1 aliphatic rings. The second-order valence-electron chi connectivity index (χ2n) is 17.9. The Kier molecular flexibility index (Phi) is 15.5. The number of methoxy groups -OCH3 is 2. The first-order chi connectivity index (χ1) is 32.7. The first-order valence-electron chi connectivity index (χ1n) is 22.7. The summed E-state index contributed by atoms with van der Waals surface area (Å²) in [6.07, 6.45) is -1.06. The lowest BCUT2D eigenvalue weighted by Crippen LogP contribution is -2.48. The van der Waals surface area contributed by atoms with Crippen LogP contribution in [0.1, 0.15) is 96.1 Å². The van der Waals surface area contributed by atoms with E-state index in [9.17, 15) is 19.2 Å². The van der Waals surface area contributed by atoms with Gasteiger partial charge in [-0.2, -0.15) is 0 Å². The van der Waals surface area contributed by atoms with Crippen molar-refractivity contribution in [3.8, 4) is 28.4 Å². The molecule has 6 aromatic rings. The van der Waals surface area contributed by atoms with Gasteiger partial charge in [0.1, 0.15) is 35.5 Å². The van der Waals surface area contributed by atoms with Crippen LogP contribution in [0.2, 0.25) is 0 Å². The van der Waals surface area contributed by atoms with E-state index in [0.717, 1.165) is 44.5 Å². The third-order valence-corrected chi connectivity index (χ3v) is 11.8. The van der Waals surface area contributed by atoms with Crippen molar-refractivity contribution in [2.45, 2.75) is 77.1 Å². The number of carbonyl (C=O) groups is 4. The molecule has 0 saturated carbocycles. The smallest absolute Gasteiger partial charge is 0.407 e. The summed E-state index contributed by atoms with van der Waals surface area (Å²) >= 11 is 0. The van der Waals surface area contributed by atoms with E-state index >= 15 is 0 Å². The number of nitrogens with one attached hydrogen (secondary N) is 3. The third-order valence-electron chi connectivity index (χ3n) is 11.8. The summed E-state index contributed by atoms with van der Waals surface area (Å²) in [6, 6.07) is 41.9. The fourth-order valence-corrected chi connectivity index (χ4v) is 8.33. The zero-order valence-electron chi connectivity index (χ0n) is 39.6. The highest BCUT2D eigenvalue weighted by atomic mass is 16.6. The zero-order valence-corrected chi connectivity index (χ0v) is 39.6. The molecule has 1 unspecified atom stereocenters. The van der Waals surface area contributed by atoms with Crippen molar-refractivity contribution in [2.24, 2.45) is 0 Å². The zero-order chi connectivity index (χ0) is 48.4. The molecule has 0 bridgehead atoms. The van der Waals surface area contributed by atoms with E-state index in [1.165, 1.54) is 7.11 Å². The maximum atomic E-state index is 14.5. The van der Waals surface area contributed by atoms with Gasteiger partial charge in [-0.3, -0.25) is 14.4 Å². The number of amides is 3. The number of benzene rings is 6. The number of aryl methyl sites for hydroxylation is 2. The highest BCUT2D eigenvalue weighted by Crippen LogP contribution is 2.44. The number of carbonyl (C=O) groups excluding carboxylic acids is 4. The quantitative estimate of drug-likeness (QED) is 0.0716. The second-order valence-corrected chi connectivity index (χ2v) is 17.9. The highest BCUT2D eigenvalue weighted by Gasteiger charge is 2.32. The molecule has 0 spiro atoms. The van der Waals surface area contributed by atoms with Crippen LogP contribution < -0.4 is 30.2 Å². The molecule has 12 heteroatoms. The summed E-state index contributed by atoms with van der Waals surface area (Å²) in [5, 5.41) is 8.98. The predicted molar refractivity (Wildman–Crippen MR) is 261 cm³/mol. The number of esters is 1. The van der Waals surface area contributed by atoms with Crippen molar-refractivity contribution in [3.05, 3.63) is 184 Å². The van der Waals surface area contributed by atoms with Crippen LogP contribution in [0.15, 0.2) is 140 Å². The molecule has 0 aromatic heterocycles. The molecular formula is C56H59N3O9. The van der Waals surface area contributed by atoms with Crippen molar-refractivity contribution in [1.29, 1.82) is 0 Å². The Morgan fingerprint density at radius 3 is 1.72 bits per heavy atom. The topological polar surface area (TPSA) is 151 Å². The van der Waals surface area contributed by atoms with E-state index in [2.05, 4.69) is 28.1 Å². The van der Waals surface area contributed by atoms with Gasteiger partial charge < -0.3 is 39.6 Å². The predicted octanol–water partition coefficient (Wildman–Crippen LogP) is 9.84. The molecule has 12 nitrogen and oxygen atoms in total.